The molecule has 0 aliphatic rings. The molecule has 0 spiro atoms. The molecule has 0 aromatic heterocycles. The Morgan fingerprint density at radius 3 is 2.69 bits per heavy atom. The molecule has 0 unspecified atom stereocenters. The van der Waals surface area contributed by atoms with Crippen LogP contribution >= 0.6 is 15.9 Å². The van der Waals surface area contributed by atoms with Crippen LogP contribution in [-0.4, -0.2) is 6.61 Å². The summed E-state index contributed by atoms with van der Waals surface area (Å²) in [7, 11) is 0. The number of nitrogens with two attached hydrogens (primary N) is 1. The van der Waals surface area contributed by atoms with Gasteiger partial charge in [-0.1, -0.05) is 22.0 Å². The van der Waals surface area contributed by atoms with Crippen LogP contribution in [0.15, 0.2) is 16.6 Å². The van der Waals surface area contributed by atoms with Gasteiger partial charge >= 0.3 is 0 Å². The van der Waals surface area contributed by atoms with Gasteiger partial charge in [0, 0.05) is 4.47 Å². The molecule has 13 heavy (non-hydrogen) atoms. The summed E-state index contributed by atoms with van der Waals surface area (Å²) in [4.78, 5) is 4.57. The van der Waals surface area contributed by atoms with Gasteiger partial charge in [0.05, 0.1) is 6.61 Å². The van der Waals surface area contributed by atoms with Crippen molar-refractivity contribution in [3.8, 4) is 0 Å². The van der Waals surface area contributed by atoms with Crippen LogP contribution in [0.3, 0.4) is 0 Å². The summed E-state index contributed by atoms with van der Waals surface area (Å²) in [5, 5.41) is 0. The van der Waals surface area contributed by atoms with Gasteiger partial charge in [0.25, 0.3) is 0 Å². The molecule has 0 heterocycles. The van der Waals surface area contributed by atoms with Crippen molar-refractivity contribution < 1.29 is 4.84 Å². The van der Waals surface area contributed by atoms with E-state index in [1.807, 2.05) is 0 Å². The molecule has 1 aromatic carbocycles. The van der Waals surface area contributed by atoms with Gasteiger partial charge in [-0.25, -0.2) is 5.90 Å². The van der Waals surface area contributed by atoms with Crippen molar-refractivity contribution in [2.24, 2.45) is 5.90 Å². The van der Waals surface area contributed by atoms with Crippen molar-refractivity contribution in [2.75, 3.05) is 6.61 Å². The predicted molar refractivity (Wildman–Crippen MR) is 57.5 cm³/mol. The first-order valence-corrected chi connectivity index (χ1v) is 5.01. The number of rotatable bonds is 3. The summed E-state index contributed by atoms with van der Waals surface area (Å²) in [6.45, 7) is 4.74. The Morgan fingerprint density at radius 1 is 1.38 bits per heavy atom. The van der Waals surface area contributed by atoms with E-state index < -0.39 is 0 Å². The molecule has 0 saturated heterocycles. The average Bonchev–Trinajstić information content (AvgIpc) is 2.09. The number of halogens is 1. The molecule has 0 aliphatic heterocycles. The molecule has 0 radical (unpaired) electrons. The zero-order valence-corrected chi connectivity index (χ0v) is 9.52. The minimum Gasteiger partial charge on any atom is -0.304 e. The van der Waals surface area contributed by atoms with E-state index in [0.29, 0.717) is 6.61 Å². The molecule has 0 atom stereocenters. The number of benzene rings is 1. The summed E-state index contributed by atoms with van der Waals surface area (Å²) >= 11 is 3.52. The van der Waals surface area contributed by atoms with Crippen molar-refractivity contribution in [2.45, 2.75) is 20.3 Å². The lowest BCUT2D eigenvalue weighted by Crippen LogP contribution is -2.05. The zero-order chi connectivity index (χ0) is 9.84. The zero-order valence-electron chi connectivity index (χ0n) is 7.93. The number of hydrogen-bond acceptors (Lipinski definition) is 2. The van der Waals surface area contributed by atoms with Gasteiger partial charge in [-0.3, -0.25) is 0 Å². The van der Waals surface area contributed by atoms with E-state index in [2.05, 4.69) is 46.7 Å². The van der Waals surface area contributed by atoms with Crippen LogP contribution in [0.4, 0.5) is 0 Å². The molecular formula is C10H14BrNO. The SMILES string of the molecule is Cc1cc(Br)c(C)c(CCON)c1. The highest BCUT2D eigenvalue weighted by atomic mass is 79.9. The summed E-state index contributed by atoms with van der Waals surface area (Å²) in [6.07, 6.45) is 0.864. The second kappa shape index (κ2) is 4.74. The molecule has 0 amide bonds. The molecule has 3 heteroatoms. The maximum atomic E-state index is 4.99. The summed E-state index contributed by atoms with van der Waals surface area (Å²) in [5.41, 5.74) is 3.81. The molecule has 0 fully saturated rings. The highest BCUT2D eigenvalue weighted by Crippen LogP contribution is 2.22. The fourth-order valence-electron chi connectivity index (χ4n) is 1.31. The van der Waals surface area contributed by atoms with E-state index in [4.69, 9.17) is 5.90 Å². The predicted octanol–water partition coefficient (Wildman–Crippen LogP) is 2.50. The van der Waals surface area contributed by atoms with E-state index in [1.54, 1.807) is 0 Å². The first-order valence-electron chi connectivity index (χ1n) is 4.22. The molecule has 2 nitrogen and oxygen atoms in total. The Bertz CT molecular complexity index is 299. The van der Waals surface area contributed by atoms with E-state index in [-0.39, 0.29) is 0 Å². The summed E-state index contributed by atoms with van der Waals surface area (Å²) in [5.74, 6) is 4.99. The van der Waals surface area contributed by atoms with Crippen LogP contribution < -0.4 is 5.90 Å². The Morgan fingerprint density at radius 2 is 2.08 bits per heavy atom. The van der Waals surface area contributed by atoms with Gasteiger partial charge in [-0.05, 0) is 43.0 Å². The molecule has 1 rings (SSSR count). The minimum absolute atomic E-state index is 0.566. The third-order valence-electron chi connectivity index (χ3n) is 2.09. The van der Waals surface area contributed by atoms with E-state index in [0.717, 1.165) is 10.9 Å². The fraction of sp³-hybridized carbons (Fsp3) is 0.400. The van der Waals surface area contributed by atoms with Crippen LogP contribution in [0.1, 0.15) is 16.7 Å². The molecule has 1 aromatic rings. The van der Waals surface area contributed by atoms with Gasteiger partial charge in [-0.15, -0.1) is 0 Å². The van der Waals surface area contributed by atoms with Crippen molar-refractivity contribution in [1.29, 1.82) is 0 Å². The number of aryl methyl sites for hydroxylation is 1. The van der Waals surface area contributed by atoms with Crippen LogP contribution in [0.5, 0.6) is 0 Å². The second-order valence-corrected chi connectivity index (χ2v) is 4.01. The molecular weight excluding hydrogens is 230 g/mol. The lowest BCUT2D eigenvalue weighted by molar-refractivity contribution is 0.141. The molecule has 2 N–H and O–H groups in total. The lowest BCUT2D eigenvalue weighted by Gasteiger charge is -2.08. The maximum Gasteiger partial charge on any atom is 0.0719 e. The Hall–Kier alpha value is -0.380. The highest BCUT2D eigenvalue weighted by molar-refractivity contribution is 9.10. The first-order chi connectivity index (χ1) is 6.15. The fourth-order valence-corrected chi connectivity index (χ4v) is 1.93. The quantitative estimate of drug-likeness (QED) is 0.829. The minimum atomic E-state index is 0.566. The van der Waals surface area contributed by atoms with Crippen LogP contribution in [0.25, 0.3) is 0 Å². The molecule has 0 bridgehead atoms. The third kappa shape index (κ3) is 2.79. The van der Waals surface area contributed by atoms with Crippen molar-refractivity contribution >= 4 is 15.9 Å². The van der Waals surface area contributed by atoms with Gasteiger partial charge in [0.1, 0.15) is 0 Å². The van der Waals surface area contributed by atoms with Crippen LogP contribution in [-0.2, 0) is 11.3 Å². The van der Waals surface area contributed by atoms with E-state index in [9.17, 15) is 0 Å². The topological polar surface area (TPSA) is 35.2 Å². The highest BCUT2D eigenvalue weighted by Gasteiger charge is 2.03. The van der Waals surface area contributed by atoms with Crippen molar-refractivity contribution in [1.82, 2.24) is 0 Å². The standard InChI is InChI=1S/C10H14BrNO/c1-7-5-9(3-4-13-12)8(2)10(11)6-7/h5-6H,3-4,12H2,1-2H3. The largest absolute Gasteiger partial charge is 0.304 e. The molecule has 72 valence electrons. The summed E-state index contributed by atoms with van der Waals surface area (Å²) in [6, 6.07) is 4.28. The molecule has 0 saturated carbocycles. The van der Waals surface area contributed by atoms with Crippen molar-refractivity contribution in [3.05, 3.63) is 33.3 Å². The van der Waals surface area contributed by atoms with Gasteiger partial charge in [0.15, 0.2) is 0 Å². The Labute approximate surface area is 87.2 Å². The summed E-state index contributed by atoms with van der Waals surface area (Å²) < 4.78 is 1.15. The average molecular weight is 244 g/mol. The van der Waals surface area contributed by atoms with Crippen LogP contribution in [0.2, 0.25) is 0 Å². The Kier molecular flexibility index (Phi) is 3.90. The van der Waals surface area contributed by atoms with Gasteiger partial charge in [0.2, 0.25) is 0 Å². The smallest absolute Gasteiger partial charge is 0.0719 e. The van der Waals surface area contributed by atoms with E-state index >= 15 is 0 Å². The lowest BCUT2D eigenvalue weighted by atomic mass is 10.0. The maximum absolute atomic E-state index is 4.99. The second-order valence-electron chi connectivity index (χ2n) is 3.15. The molecule has 0 aliphatic carbocycles. The Balaban J connectivity index is 2.92. The van der Waals surface area contributed by atoms with E-state index in [1.165, 1.54) is 16.7 Å². The van der Waals surface area contributed by atoms with Gasteiger partial charge < -0.3 is 4.84 Å². The van der Waals surface area contributed by atoms with Crippen molar-refractivity contribution in [3.63, 3.8) is 0 Å². The first kappa shape index (κ1) is 10.7. The number of hydrogen-bond donors (Lipinski definition) is 1. The normalized spacial score (nSPS) is 10.5. The third-order valence-corrected chi connectivity index (χ3v) is 2.91. The monoisotopic (exact) mass is 243 g/mol. The van der Waals surface area contributed by atoms with Crippen LogP contribution in [0, 0.1) is 13.8 Å². The van der Waals surface area contributed by atoms with Gasteiger partial charge in [-0.2, -0.15) is 0 Å².